The number of ether oxygens (including phenoxy) is 2. The van der Waals surface area contributed by atoms with Crippen LogP contribution in [0.25, 0.3) is 0 Å². The smallest absolute Gasteiger partial charge is 0.213 e. The zero-order valence-electron chi connectivity index (χ0n) is 17.2. The molecule has 0 aromatic heterocycles. The van der Waals surface area contributed by atoms with Gasteiger partial charge in [-0.1, -0.05) is 19.3 Å². The average Bonchev–Trinajstić information content (AvgIpc) is 2.72. The lowest BCUT2D eigenvalue weighted by Gasteiger charge is -2.22. The molecule has 0 radical (unpaired) electrons. The van der Waals surface area contributed by atoms with E-state index in [-0.39, 0.29) is 11.9 Å². The zero-order chi connectivity index (χ0) is 20.1. The van der Waals surface area contributed by atoms with E-state index >= 15 is 0 Å². The number of hydrogen-bond acceptors (Lipinski definition) is 5. The first kappa shape index (κ1) is 23.4. The Morgan fingerprint density at radius 3 is 2.54 bits per heavy atom. The van der Waals surface area contributed by atoms with Crippen molar-refractivity contribution < 1.29 is 17.9 Å². The van der Waals surface area contributed by atoms with Crippen molar-refractivity contribution in [2.45, 2.75) is 70.0 Å². The van der Waals surface area contributed by atoms with Crippen molar-refractivity contribution in [2.75, 3.05) is 45.6 Å². The standard InChI is InChI=1S/C19H38N4O4S/c1-20-19(21-11-7-14-26-17-8-3-2-4-9-17)22-12-15-28(24,25)23-16-18-10-5-6-13-27-18/h17-18,23H,2-16H2,1H3,(H2,20,21,22). The Bertz CT molecular complexity index is 544. The molecule has 2 rings (SSSR count). The van der Waals surface area contributed by atoms with Crippen molar-refractivity contribution in [1.29, 1.82) is 0 Å². The highest BCUT2D eigenvalue weighted by atomic mass is 32.2. The van der Waals surface area contributed by atoms with Crippen molar-refractivity contribution in [3.8, 4) is 0 Å². The molecule has 0 spiro atoms. The van der Waals surface area contributed by atoms with E-state index in [9.17, 15) is 8.42 Å². The van der Waals surface area contributed by atoms with Crippen LogP contribution in [0, 0.1) is 0 Å². The van der Waals surface area contributed by atoms with Gasteiger partial charge in [0, 0.05) is 39.9 Å². The van der Waals surface area contributed by atoms with Crippen LogP contribution in [0.5, 0.6) is 0 Å². The summed E-state index contributed by atoms with van der Waals surface area (Å²) in [7, 11) is -1.64. The van der Waals surface area contributed by atoms with Gasteiger partial charge in [-0.3, -0.25) is 4.99 Å². The minimum Gasteiger partial charge on any atom is -0.378 e. The zero-order valence-corrected chi connectivity index (χ0v) is 18.1. The summed E-state index contributed by atoms with van der Waals surface area (Å²) in [6.07, 6.45) is 10.7. The summed E-state index contributed by atoms with van der Waals surface area (Å²) in [5.41, 5.74) is 0. The van der Waals surface area contributed by atoms with E-state index in [1.165, 1.54) is 32.1 Å². The molecule has 3 N–H and O–H groups in total. The fraction of sp³-hybridized carbons (Fsp3) is 0.947. The second kappa shape index (κ2) is 13.3. The molecule has 2 aliphatic rings. The van der Waals surface area contributed by atoms with Gasteiger partial charge in [-0.2, -0.15) is 0 Å². The maximum Gasteiger partial charge on any atom is 0.213 e. The molecule has 0 amide bonds. The number of aliphatic imine (C=N–C) groups is 1. The molecule has 28 heavy (non-hydrogen) atoms. The molecule has 1 saturated heterocycles. The van der Waals surface area contributed by atoms with Gasteiger partial charge in [0.2, 0.25) is 10.0 Å². The van der Waals surface area contributed by atoms with Crippen molar-refractivity contribution in [1.82, 2.24) is 15.4 Å². The summed E-state index contributed by atoms with van der Waals surface area (Å²) in [5, 5.41) is 6.25. The van der Waals surface area contributed by atoms with Gasteiger partial charge < -0.3 is 20.1 Å². The topological polar surface area (TPSA) is 101 Å². The number of hydrogen-bond donors (Lipinski definition) is 3. The predicted molar refractivity (Wildman–Crippen MR) is 112 cm³/mol. The number of sulfonamides is 1. The third kappa shape index (κ3) is 10.0. The van der Waals surface area contributed by atoms with Crippen LogP contribution in [0.3, 0.4) is 0 Å². The molecule has 1 aliphatic carbocycles. The normalized spacial score (nSPS) is 22.2. The Kier molecular flexibility index (Phi) is 11.1. The van der Waals surface area contributed by atoms with Crippen LogP contribution in [0.15, 0.2) is 4.99 Å². The first-order valence-corrected chi connectivity index (χ1v) is 12.4. The lowest BCUT2D eigenvalue weighted by molar-refractivity contribution is 0.0200. The van der Waals surface area contributed by atoms with Crippen molar-refractivity contribution in [3.05, 3.63) is 0 Å². The monoisotopic (exact) mass is 418 g/mol. The van der Waals surface area contributed by atoms with Crippen LogP contribution in [0.2, 0.25) is 0 Å². The van der Waals surface area contributed by atoms with Crippen molar-refractivity contribution in [3.63, 3.8) is 0 Å². The van der Waals surface area contributed by atoms with Gasteiger partial charge >= 0.3 is 0 Å². The Morgan fingerprint density at radius 1 is 1.07 bits per heavy atom. The molecule has 1 atom stereocenters. The molecule has 8 nitrogen and oxygen atoms in total. The lowest BCUT2D eigenvalue weighted by atomic mass is 9.98. The summed E-state index contributed by atoms with van der Waals surface area (Å²) in [5.74, 6) is 0.620. The summed E-state index contributed by atoms with van der Waals surface area (Å²) in [6.45, 7) is 2.88. The van der Waals surface area contributed by atoms with Gasteiger partial charge in [0.15, 0.2) is 5.96 Å². The highest BCUT2D eigenvalue weighted by Gasteiger charge is 2.17. The fourth-order valence-corrected chi connectivity index (χ4v) is 4.50. The molecular formula is C19H38N4O4S. The van der Waals surface area contributed by atoms with Crippen LogP contribution in [-0.4, -0.2) is 72.2 Å². The number of nitrogens with one attached hydrogen (secondary N) is 3. The number of rotatable bonds is 11. The molecule has 1 unspecified atom stereocenters. The molecule has 1 heterocycles. The van der Waals surface area contributed by atoms with Gasteiger partial charge in [0.05, 0.1) is 18.0 Å². The highest BCUT2D eigenvalue weighted by Crippen LogP contribution is 2.20. The van der Waals surface area contributed by atoms with E-state index in [0.717, 1.165) is 45.4 Å². The van der Waals surface area contributed by atoms with E-state index in [4.69, 9.17) is 9.47 Å². The molecular weight excluding hydrogens is 380 g/mol. The molecule has 164 valence electrons. The first-order valence-electron chi connectivity index (χ1n) is 10.7. The fourth-order valence-electron chi connectivity index (χ4n) is 3.55. The van der Waals surface area contributed by atoms with Crippen molar-refractivity contribution in [2.24, 2.45) is 4.99 Å². The van der Waals surface area contributed by atoms with E-state index in [1.807, 2.05) is 0 Å². The summed E-state index contributed by atoms with van der Waals surface area (Å²) in [4.78, 5) is 4.13. The minimum absolute atomic E-state index is 0.00162. The van der Waals surface area contributed by atoms with Gasteiger partial charge in [-0.15, -0.1) is 0 Å². The Labute approximate surface area is 170 Å². The summed E-state index contributed by atoms with van der Waals surface area (Å²) < 4.78 is 38.3. The predicted octanol–water partition coefficient (Wildman–Crippen LogP) is 1.38. The van der Waals surface area contributed by atoms with E-state index < -0.39 is 10.0 Å². The van der Waals surface area contributed by atoms with Crippen LogP contribution in [0.4, 0.5) is 0 Å². The Morgan fingerprint density at radius 2 is 1.82 bits per heavy atom. The van der Waals surface area contributed by atoms with Gasteiger partial charge in [-0.25, -0.2) is 13.1 Å². The Balaban J connectivity index is 1.51. The molecule has 0 aromatic rings. The quantitative estimate of drug-likeness (QED) is 0.266. The van der Waals surface area contributed by atoms with E-state index in [1.54, 1.807) is 7.05 Å². The lowest BCUT2D eigenvalue weighted by Crippen LogP contribution is -2.43. The molecule has 1 aliphatic heterocycles. The second-order valence-electron chi connectivity index (χ2n) is 7.57. The highest BCUT2D eigenvalue weighted by molar-refractivity contribution is 7.89. The average molecular weight is 419 g/mol. The molecule has 0 aromatic carbocycles. The maximum atomic E-state index is 12.1. The van der Waals surface area contributed by atoms with E-state index in [2.05, 4.69) is 20.3 Å². The van der Waals surface area contributed by atoms with Crippen molar-refractivity contribution >= 4 is 16.0 Å². The molecule has 1 saturated carbocycles. The largest absolute Gasteiger partial charge is 0.378 e. The maximum absolute atomic E-state index is 12.1. The third-order valence-corrected chi connectivity index (χ3v) is 6.56. The Hall–Kier alpha value is -0.900. The van der Waals surface area contributed by atoms with Crippen LogP contribution in [0.1, 0.15) is 57.8 Å². The van der Waals surface area contributed by atoms with Gasteiger partial charge in [0.1, 0.15) is 0 Å². The van der Waals surface area contributed by atoms with Crippen LogP contribution in [-0.2, 0) is 19.5 Å². The number of guanidine groups is 1. The first-order chi connectivity index (χ1) is 13.6. The molecule has 9 heteroatoms. The van der Waals surface area contributed by atoms with Crippen LogP contribution >= 0.6 is 0 Å². The number of nitrogens with zero attached hydrogens (tertiary/aromatic N) is 1. The summed E-state index contributed by atoms with van der Waals surface area (Å²) >= 11 is 0. The van der Waals surface area contributed by atoms with Gasteiger partial charge in [0.25, 0.3) is 0 Å². The SMILES string of the molecule is CN=C(NCCCOC1CCCCC1)NCCS(=O)(=O)NCC1CCCCO1. The third-order valence-electron chi connectivity index (χ3n) is 5.21. The van der Waals surface area contributed by atoms with Crippen LogP contribution < -0.4 is 15.4 Å². The minimum atomic E-state index is -3.32. The summed E-state index contributed by atoms with van der Waals surface area (Å²) in [6, 6.07) is 0. The second-order valence-corrected chi connectivity index (χ2v) is 9.49. The van der Waals surface area contributed by atoms with Gasteiger partial charge in [-0.05, 0) is 38.5 Å². The van der Waals surface area contributed by atoms with E-state index in [0.29, 0.717) is 25.2 Å². The molecule has 2 fully saturated rings. The molecule has 0 bridgehead atoms.